The summed E-state index contributed by atoms with van der Waals surface area (Å²) in [6, 6.07) is 4.52. The standard InChI is InChI=1S/C18H17FN4O3S/c1-3-26-18(25)14-9(2)12-16(21-8-22-17(12)27-14)23-13(15(20)24)10-4-6-11(19)7-5-10/h4-8,13H,3H2,1-2H3,(H2,20,24)(H,21,22,23). The Hall–Kier alpha value is -3.07. The molecule has 0 aliphatic heterocycles. The molecule has 0 fully saturated rings. The molecule has 7 nitrogen and oxygen atoms in total. The van der Waals surface area contributed by atoms with Crippen molar-refractivity contribution in [2.45, 2.75) is 19.9 Å². The van der Waals surface area contributed by atoms with Gasteiger partial charge in [-0.25, -0.2) is 19.2 Å². The van der Waals surface area contributed by atoms with Crippen molar-refractivity contribution < 1.29 is 18.7 Å². The summed E-state index contributed by atoms with van der Waals surface area (Å²) in [6.07, 6.45) is 1.33. The zero-order valence-electron chi connectivity index (χ0n) is 14.7. The van der Waals surface area contributed by atoms with Crippen LogP contribution >= 0.6 is 11.3 Å². The summed E-state index contributed by atoms with van der Waals surface area (Å²) >= 11 is 1.19. The second-order valence-corrected chi connectivity index (χ2v) is 6.71. The second-order valence-electron chi connectivity index (χ2n) is 5.71. The molecule has 0 spiro atoms. The summed E-state index contributed by atoms with van der Waals surface area (Å²) in [5.41, 5.74) is 6.67. The van der Waals surface area contributed by atoms with Gasteiger partial charge in [-0.1, -0.05) is 12.1 Å². The van der Waals surface area contributed by atoms with E-state index in [1.807, 2.05) is 0 Å². The average Bonchev–Trinajstić information content (AvgIpc) is 2.98. The number of nitrogens with two attached hydrogens (primary N) is 1. The number of aromatic nitrogens is 2. The normalized spacial score (nSPS) is 12.0. The van der Waals surface area contributed by atoms with Gasteiger partial charge in [-0.05, 0) is 37.1 Å². The van der Waals surface area contributed by atoms with Crippen molar-refractivity contribution in [1.82, 2.24) is 9.97 Å². The minimum Gasteiger partial charge on any atom is -0.462 e. The number of benzene rings is 1. The average molecular weight is 388 g/mol. The highest BCUT2D eigenvalue weighted by atomic mass is 32.1. The predicted octanol–water partition coefficient (Wildman–Crippen LogP) is 2.95. The van der Waals surface area contributed by atoms with Crippen molar-refractivity contribution in [3.8, 4) is 0 Å². The summed E-state index contributed by atoms with van der Waals surface area (Å²) in [5.74, 6) is -1.14. The first-order valence-electron chi connectivity index (χ1n) is 8.15. The fourth-order valence-electron chi connectivity index (χ4n) is 2.68. The maximum atomic E-state index is 13.2. The smallest absolute Gasteiger partial charge is 0.348 e. The Morgan fingerprint density at radius 1 is 1.30 bits per heavy atom. The van der Waals surface area contributed by atoms with Gasteiger partial charge in [-0.2, -0.15) is 0 Å². The summed E-state index contributed by atoms with van der Waals surface area (Å²) in [7, 11) is 0. The van der Waals surface area contributed by atoms with E-state index in [-0.39, 0.29) is 6.61 Å². The number of thiophene rings is 1. The van der Waals surface area contributed by atoms with E-state index in [1.54, 1.807) is 13.8 Å². The van der Waals surface area contributed by atoms with E-state index in [9.17, 15) is 14.0 Å². The first-order chi connectivity index (χ1) is 12.9. The zero-order valence-corrected chi connectivity index (χ0v) is 15.5. The molecular formula is C18H17FN4O3S. The summed E-state index contributed by atoms with van der Waals surface area (Å²) in [6.45, 7) is 3.75. The zero-order chi connectivity index (χ0) is 19.6. The highest BCUT2D eigenvalue weighted by molar-refractivity contribution is 7.20. The van der Waals surface area contributed by atoms with Crippen LogP contribution in [0.1, 0.15) is 33.8 Å². The molecule has 3 rings (SSSR count). The lowest BCUT2D eigenvalue weighted by Gasteiger charge is -2.17. The van der Waals surface area contributed by atoms with Crippen LogP contribution in [0.4, 0.5) is 10.2 Å². The fourth-order valence-corrected chi connectivity index (χ4v) is 3.73. The number of esters is 1. The van der Waals surface area contributed by atoms with Crippen molar-refractivity contribution in [3.05, 3.63) is 52.4 Å². The number of rotatable bonds is 6. The quantitative estimate of drug-likeness (QED) is 0.629. The number of nitrogens with one attached hydrogen (secondary N) is 1. The number of halogens is 1. The van der Waals surface area contributed by atoms with E-state index in [0.29, 0.717) is 32.0 Å². The third kappa shape index (κ3) is 3.72. The van der Waals surface area contributed by atoms with E-state index in [4.69, 9.17) is 10.5 Å². The van der Waals surface area contributed by atoms with Crippen LogP contribution < -0.4 is 11.1 Å². The Balaban J connectivity index is 2.04. The van der Waals surface area contributed by atoms with Crippen molar-refractivity contribution in [2.75, 3.05) is 11.9 Å². The minimum atomic E-state index is -0.922. The summed E-state index contributed by atoms with van der Waals surface area (Å²) < 4.78 is 18.3. The van der Waals surface area contributed by atoms with Crippen LogP contribution in [0.2, 0.25) is 0 Å². The molecule has 1 amide bonds. The lowest BCUT2D eigenvalue weighted by atomic mass is 10.1. The van der Waals surface area contributed by atoms with Crippen LogP contribution in [0, 0.1) is 12.7 Å². The molecule has 1 aromatic carbocycles. The maximum absolute atomic E-state index is 13.2. The fraction of sp³-hybridized carbons (Fsp3) is 0.222. The van der Waals surface area contributed by atoms with Crippen molar-refractivity contribution in [3.63, 3.8) is 0 Å². The second kappa shape index (κ2) is 7.67. The van der Waals surface area contributed by atoms with Gasteiger partial charge in [0.15, 0.2) is 0 Å². The van der Waals surface area contributed by atoms with E-state index >= 15 is 0 Å². The molecule has 3 N–H and O–H groups in total. The minimum absolute atomic E-state index is 0.262. The van der Waals surface area contributed by atoms with Crippen LogP contribution in [-0.2, 0) is 9.53 Å². The number of hydrogen-bond donors (Lipinski definition) is 2. The largest absolute Gasteiger partial charge is 0.462 e. The van der Waals surface area contributed by atoms with Crippen molar-refractivity contribution in [1.29, 1.82) is 0 Å². The van der Waals surface area contributed by atoms with Gasteiger partial charge in [0.2, 0.25) is 5.91 Å². The van der Waals surface area contributed by atoms with Gasteiger partial charge in [0.25, 0.3) is 0 Å². The van der Waals surface area contributed by atoms with Gasteiger partial charge in [0.05, 0.1) is 12.0 Å². The van der Waals surface area contributed by atoms with E-state index in [0.717, 1.165) is 0 Å². The number of primary amides is 1. The molecule has 3 aromatic rings. The first-order valence-corrected chi connectivity index (χ1v) is 8.96. The Kier molecular flexibility index (Phi) is 5.31. The van der Waals surface area contributed by atoms with Gasteiger partial charge in [-0.3, -0.25) is 4.79 Å². The Morgan fingerprint density at radius 3 is 2.63 bits per heavy atom. The van der Waals surface area contributed by atoms with E-state index in [2.05, 4.69) is 15.3 Å². The monoisotopic (exact) mass is 388 g/mol. The predicted molar refractivity (Wildman–Crippen MR) is 100 cm³/mol. The summed E-state index contributed by atoms with van der Waals surface area (Å²) in [5, 5.41) is 3.60. The Bertz CT molecular complexity index is 1000. The van der Waals surface area contributed by atoms with Crippen LogP contribution in [0.3, 0.4) is 0 Å². The molecule has 0 saturated carbocycles. The topological polar surface area (TPSA) is 107 Å². The van der Waals surface area contributed by atoms with Gasteiger partial charge in [0.1, 0.15) is 33.7 Å². The molecule has 27 heavy (non-hydrogen) atoms. The Morgan fingerprint density at radius 2 is 2.00 bits per heavy atom. The molecule has 0 saturated heterocycles. The lowest BCUT2D eigenvalue weighted by Crippen LogP contribution is -2.28. The molecule has 2 heterocycles. The molecule has 140 valence electrons. The van der Waals surface area contributed by atoms with Crippen LogP contribution in [-0.4, -0.2) is 28.5 Å². The number of nitrogens with zero attached hydrogens (tertiary/aromatic N) is 2. The van der Waals surface area contributed by atoms with Gasteiger partial charge >= 0.3 is 5.97 Å². The number of ether oxygens (including phenoxy) is 1. The highest BCUT2D eigenvalue weighted by Gasteiger charge is 2.24. The third-order valence-corrected chi connectivity index (χ3v) is 5.14. The molecule has 0 aliphatic rings. The molecule has 0 radical (unpaired) electrons. The first kappa shape index (κ1) is 18.7. The molecule has 0 bridgehead atoms. The van der Waals surface area contributed by atoms with Gasteiger partial charge in [-0.15, -0.1) is 11.3 Å². The number of carbonyl (C=O) groups excluding carboxylic acids is 2. The third-order valence-electron chi connectivity index (χ3n) is 3.96. The van der Waals surface area contributed by atoms with Crippen LogP contribution in [0.25, 0.3) is 10.2 Å². The highest BCUT2D eigenvalue weighted by Crippen LogP contribution is 2.35. The van der Waals surface area contributed by atoms with Gasteiger partial charge < -0.3 is 15.8 Å². The van der Waals surface area contributed by atoms with Crippen LogP contribution in [0.5, 0.6) is 0 Å². The van der Waals surface area contributed by atoms with Crippen molar-refractivity contribution >= 4 is 39.2 Å². The molecule has 1 atom stereocenters. The Labute approximate surface area is 158 Å². The molecule has 9 heteroatoms. The SMILES string of the molecule is CCOC(=O)c1sc2ncnc(NC(C(N)=O)c3ccc(F)cc3)c2c1C. The van der Waals surface area contributed by atoms with Crippen molar-refractivity contribution in [2.24, 2.45) is 5.73 Å². The lowest BCUT2D eigenvalue weighted by molar-refractivity contribution is -0.118. The molecule has 0 aliphatic carbocycles. The summed E-state index contributed by atoms with van der Waals surface area (Å²) in [4.78, 5) is 33.5. The maximum Gasteiger partial charge on any atom is 0.348 e. The number of anilines is 1. The van der Waals surface area contributed by atoms with E-state index < -0.39 is 23.7 Å². The van der Waals surface area contributed by atoms with E-state index in [1.165, 1.54) is 41.9 Å². The molecule has 1 unspecified atom stereocenters. The van der Waals surface area contributed by atoms with Gasteiger partial charge in [0, 0.05) is 0 Å². The molecular weight excluding hydrogens is 371 g/mol. The number of fused-ring (bicyclic) bond motifs is 1. The van der Waals surface area contributed by atoms with Crippen LogP contribution in [0.15, 0.2) is 30.6 Å². The number of carbonyl (C=O) groups is 2. The number of hydrogen-bond acceptors (Lipinski definition) is 7. The molecule has 2 aromatic heterocycles. The number of amides is 1. The number of aryl methyl sites for hydroxylation is 1.